The van der Waals surface area contributed by atoms with Crippen LogP contribution in [0.25, 0.3) is 0 Å². The van der Waals surface area contributed by atoms with E-state index in [-0.39, 0.29) is 18.3 Å². The summed E-state index contributed by atoms with van der Waals surface area (Å²) in [6.07, 6.45) is 0.484. The number of amides is 1. The molecule has 0 saturated carbocycles. The van der Waals surface area contributed by atoms with Gasteiger partial charge in [-0.05, 0) is 31.3 Å². The third-order valence-corrected chi connectivity index (χ3v) is 2.36. The van der Waals surface area contributed by atoms with Crippen LogP contribution in [-0.2, 0) is 4.79 Å². The fourth-order valence-corrected chi connectivity index (χ4v) is 1.34. The largest absolute Gasteiger partial charge is 0.492 e. The predicted molar refractivity (Wildman–Crippen MR) is 75.7 cm³/mol. The van der Waals surface area contributed by atoms with E-state index in [1.54, 1.807) is 24.3 Å². The van der Waals surface area contributed by atoms with Gasteiger partial charge in [-0.3, -0.25) is 4.79 Å². The third-order valence-electron chi connectivity index (χ3n) is 2.11. The number of halogens is 2. The lowest BCUT2D eigenvalue weighted by Crippen LogP contribution is -2.30. The molecule has 6 heteroatoms. The number of ether oxygens (including phenoxy) is 1. The maximum atomic E-state index is 11.2. The van der Waals surface area contributed by atoms with Crippen molar-refractivity contribution in [3.8, 4) is 5.75 Å². The summed E-state index contributed by atoms with van der Waals surface area (Å²) in [7, 11) is 1.82. The Kier molecular flexibility index (Phi) is 9.46. The first-order valence-corrected chi connectivity index (χ1v) is 5.90. The van der Waals surface area contributed by atoms with Crippen molar-refractivity contribution in [1.82, 2.24) is 10.6 Å². The Balaban J connectivity index is 0.00000289. The molecule has 1 amide bonds. The molecule has 0 spiro atoms. The molecule has 0 aliphatic heterocycles. The maximum Gasteiger partial charge on any atom is 0.221 e. The Morgan fingerprint density at radius 1 is 1.28 bits per heavy atom. The fourth-order valence-electron chi connectivity index (χ4n) is 1.22. The first-order valence-electron chi connectivity index (χ1n) is 5.52. The van der Waals surface area contributed by atoms with Gasteiger partial charge in [0.2, 0.25) is 5.91 Å². The van der Waals surface area contributed by atoms with Crippen LogP contribution in [0.5, 0.6) is 5.75 Å². The molecule has 0 saturated heterocycles. The molecule has 0 bridgehead atoms. The molecule has 102 valence electrons. The van der Waals surface area contributed by atoms with Crippen molar-refractivity contribution in [2.45, 2.75) is 6.42 Å². The van der Waals surface area contributed by atoms with Crippen molar-refractivity contribution in [3.05, 3.63) is 29.3 Å². The summed E-state index contributed by atoms with van der Waals surface area (Å²) >= 11 is 5.74. The Morgan fingerprint density at radius 2 is 1.94 bits per heavy atom. The molecule has 0 atom stereocenters. The quantitative estimate of drug-likeness (QED) is 0.755. The monoisotopic (exact) mass is 292 g/mol. The van der Waals surface area contributed by atoms with Crippen LogP contribution in [-0.4, -0.2) is 32.7 Å². The zero-order valence-electron chi connectivity index (χ0n) is 10.2. The Labute approximate surface area is 118 Å². The number of benzene rings is 1. The highest BCUT2D eigenvalue weighted by molar-refractivity contribution is 6.30. The molecular weight excluding hydrogens is 275 g/mol. The van der Waals surface area contributed by atoms with Gasteiger partial charge in [0.15, 0.2) is 0 Å². The zero-order chi connectivity index (χ0) is 12.5. The van der Waals surface area contributed by atoms with Gasteiger partial charge in [0, 0.05) is 18.0 Å². The van der Waals surface area contributed by atoms with Gasteiger partial charge in [-0.15, -0.1) is 12.4 Å². The first-order chi connectivity index (χ1) is 8.22. The summed E-state index contributed by atoms with van der Waals surface area (Å²) in [5, 5.41) is 6.36. The normalized spacial score (nSPS) is 9.44. The van der Waals surface area contributed by atoms with Crippen LogP contribution in [0.4, 0.5) is 0 Å². The van der Waals surface area contributed by atoms with Crippen LogP contribution in [0.1, 0.15) is 6.42 Å². The molecule has 0 aromatic heterocycles. The second kappa shape index (κ2) is 10.00. The van der Waals surface area contributed by atoms with Crippen molar-refractivity contribution in [1.29, 1.82) is 0 Å². The van der Waals surface area contributed by atoms with Crippen LogP contribution in [0.2, 0.25) is 5.02 Å². The van der Waals surface area contributed by atoms with Gasteiger partial charge in [0.25, 0.3) is 0 Å². The molecule has 1 rings (SSSR count). The Morgan fingerprint density at radius 3 is 2.56 bits per heavy atom. The number of hydrogen-bond acceptors (Lipinski definition) is 3. The van der Waals surface area contributed by atoms with Crippen LogP contribution in [0.15, 0.2) is 24.3 Å². The van der Waals surface area contributed by atoms with Crippen molar-refractivity contribution < 1.29 is 9.53 Å². The maximum absolute atomic E-state index is 11.2. The third kappa shape index (κ3) is 7.37. The lowest BCUT2D eigenvalue weighted by Gasteiger charge is -2.07. The lowest BCUT2D eigenvalue weighted by atomic mass is 10.3. The van der Waals surface area contributed by atoms with E-state index in [1.807, 2.05) is 7.05 Å². The van der Waals surface area contributed by atoms with Gasteiger partial charge in [0.1, 0.15) is 12.4 Å². The van der Waals surface area contributed by atoms with Crippen LogP contribution in [0, 0.1) is 0 Å². The molecule has 4 nitrogen and oxygen atoms in total. The van der Waals surface area contributed by atoms with E-state index in [2.05, 4.69) is 10.6 Å². The summed E-state index contributed by atoms with van der Waals surface area (Å²) in [5.41, 5.74) is 0. The fraction of sp³-hybridized carbons (Fsp3) is 0.417. The minimum Gasteiger partial charge on any atom is -0.492 e. The van der Waals surface area contributed by atoms with Gasteiger partial charge in [-0.1, -0.05) is 11.6 Å². The summed E-state index contributed by atoms with van der Waals surface area (Å²) in [6.45, 7) is 1.64. The topological polar surface area (TPSA) is 50.4 Å². The van der Waals surface area contributed by atoms with Crippen LogP contribution >= 0.6 is 24.0 Å². The minimum absolute atomic E-state index is 0. The molecular formula is C12H18Cl2N2O2. The van der Waals surface area contributed by atoms with Gasteiger partial charge in [-0.2, -0.15) is 0 Å². The summed E-state index contributed by atoms with van der Waals surface area (Å²) in [6, 6.07) is 7.13. The van der Waals surface area contributed by atoms with Gasteiger partial charge < -0.3 is 15.4 Å². The molecule has 0 aliphatic rings. The second-order valence-electron chi connectivity index (χ2n) is 3.51. The molecule has 0 radical (unpaired) electrons. The zero-order valence-corrected chi connectivity index (χ0v) is 11.8. The first kappa shape index (κ1) is 17.0. The van der Waals surface area contributed by atoms with Gasteiger partial charge >= 0.3 is 0 Å². The van der Waals surface area contributed by atoms with Crippen LogP contribution < -0.4 is 15.4 Å². The Bertz CT molecular complexity index is 344. The number of hydrogen-bond donors (Lipinski definition) is 2. The van der Waals surface area contributed by atoms with Crippen molar-refractivity contribution in [2.75, 3.05) is 26.7 Å². The van der Waals surface area contributed by atoms with Crippen molar-refractivity contribution in [3.63, 3.8) is 0 Å². The summed E-state index contributed by atoms with van der Waals surface area (Å²) in [4.78, 5) is 11.2. The summed E-state index contributed by atoms with van der Waals surface area (Å²) < 4.78 is 5.43. The van der Waals surface area contributed by atoms with E-state index in [0.717, 1.165) is 5.75 Å². The predicted octanol–water partition coefficient (Wildman–Crippen LogP) is 1.87. The standard InChI is InChI=1S/C12H17ClN2O2.ClH/c1-14-7-6-12(16)15-8-9-17-11-4-2-10(13)3-5-11;/h2-5,14H,6-9H2,1H3,(H,15,16);1H. The SMILES string of the molecule is CNCCC(=O)NCCOc1ccc(Cl)cc1.Cl. The number of nitrogens with one attached hydrogen (secondary N) is 2. The van der Waals surface area contributed by atoms with E-state index in [1.165, 1.54) is 0 Å². The highest BCUT2D eigenvalue weighted by Gasteiger charge is 1.99. The second-order valence-corrected chi connectivity index (χ2v) is 3.94. The molecule has 1 aromatic carbocycles. The van der Waals surface area contributed by atoms with Crippen molar-refractivity contribution in [2.24, 2.45) is 0 Å². The number of rotatable bonds is 7. The summed E-state index contributed by atoms with van der Waals surface area (Å²) in [5.74, 6) is 0.776. The minimum atomic E-state index is 0. The molecule has 1 aromatic rings. The molecule has 18 heavy (non-hydrogen) atoms. The number of carbonyl (C=O) groups is 1. The molecule has 0 fully saturated rings. The smallest absolute Gasteiger partial charge is 0.221 e. The van der Waals surface area contributed by atoms with E-state index >= 15 is 0 Å². The van der Waals surface area contributed by atoms with E-state index in [4.69, 9.17) is 16.3 Å². The van der Waals surface area contributed by atoms with Gasteiger partial charge in [0.05, 0.1) is 6.54 Å². The average Bonchev–Trinajstić information content (AvgIpc) is 2.34. The highest BCUT2D eigenvalue weighted by Crippen LogP contribution is 2.14. The van der Waals surface area contributed by atoms with E-state index in [9.17, 15) is 4.79 Å². The lowest BCUT2D eigenvalue weighted by molar-refractivity contribution is -0.121. The van der Waals surface area contributed by atoms with Crippen molar-refractivity contribution >= 4 is 29.9 Å². The van der Waals surface area contributed by atoms with E-state index < -0.39 is 0 Å². The number of carbonyl (C=O) groups excluding carboxylic acids is 1. The molecule has 0 aliphatic carbocycles. The van der Waals surface area contributed by atoms with Gasteiger partial charge in [-0.25, -0.2) is 0 Å². The average molecular weight is 293 g/mol. The van der Waals surface area contributed by atoms with Crippen LogP contribution in [0.3, 0.4) is 0 Å². The van der Waals surface area contributed by atoms with E-state index in [0.29, 0.717) is 31.1 Å². The Hall–Kier alpha value is -0.970. The molecule has 2 N–H and O–H groups in total. The molecule has 0 unspecified atom stereocenters. The molecule has 0 heterocycles. The highest BCUT2D eigenvalue weighted by atomic mass is 35.5.